The lowest BCUT2D eigenvalue weighted by Crippen LogP contribution is -2.34. The van der Waals surface area contributed by atoms with Crippen molar-refractivity contribution in [1.82, 2.24) is 9.88 Å². The van der Waals surface area contributed by atoms with E-state index in [9.17, 15) is 9.90 Å². The SMILES string of the molecule is CCn1cc(Cl)cc1C(=O)NCC(O)C1CC1. The summed E-state index contributed by atoms with van der Waals surface area (Å²) >= 11 is 5.86. The van der Waals surface area contributed by atoms with Gasteiger partial charge in [-0.25, -0.2) is 0 Å². The lowest BCUT2D eigenvalue weighted by atomic mass is 10.2. The number of nitrogens with one attached hydrogen (secondary N) is 1. The van der Waals surface area contributed by atoms with Crippen molar-refractivity contribution >= 4 is 17.5 Å². The Balaban J connectivity index is 1.93. The summed E-state index contributed by atoms with van der Waals surface area (Å²) in [6.07, 6.45) is 3.44. The average Bonchev–Trinajstić information content (AvgIpc) is 3.09. The number of carbonyl (C=O) groups is 1. The molecule has 4 nitrogen and oxygen atoms in total. The third kappa shape index (κ3) is 3.01. The van der Waals surface area contributed by atoms with Crippen LogP contribution in [0.3, 0.4) is 0 Å². The van der Waals surface area contributed by atoms with Crippen LogP contribution >= 0.6 is 11.6 Å². The molecule has 1 aromatic heterocycles. The maximum atomic E-state index is 11.9. The summed E-state index contributed by atoms with van der Waals surface area (Å²) in [7, 11) is 0. The number of carbonyl (C=O) groups excluding carboxylic acids is 1. The smallest absolute Gasteiger partial charge is 0.268 e. The largest absolute Gasteiger partial charge is 0.391 e. The molecule has 1 atom stereocenters. The molecule has 5 heteroatoms. The van der Waals surface area contributed by atoms with Crippen molar-refractivity contribution < 1.29 is 9.90 Å². The third-order valence-corrected chi connectivity index (χ3v) is 3.28. The number of aliphatic hydroxyl groups excluding tert-OH is 1. The molecule has 0 radical (unpaired) electrons. The number of rotatable bonds is 5. The van der Waals surface area contributed by atoms with Gasteiger partial charge in [0, 0.05) is 19.3 Å². The van der Waals surface area contributed by atoms with Crippen LogP contribution in [-0.2, 0) is 6.54 Å². The monoisotopic (exact) mass is 256 g/mol. The quantitative estimate of drug-likeness (QED) is 0.842. The molecule has 1 saturated carbocycles. The molecule has 0 spiro atoms. The molecule has 2 N–H and O–H groups in total. The molecular formula is C12H17ClN2O2. The van der Waals surface area contributed by atoms with Crippen LogP contribution in [-0.4, -0.2) is 28.2 Å². The van der Waals surface area contributed by atoms with Crippen LogP contribution in [0.15, 0.2) is 12.3 Å². The fourth-order valence-electron chi connectivity index (χ4n) is 1.86. The van der Waals surface area contributed by atoms with Gasteiger partial charge in [-0.15, -0.1) is 0 Å². The van der Waals surface area contributed by atoms with E-state index in [4.69, 9.17) is 11.6 Å². The maximum Gasteiger partial charge on any atom is 0.268 e. The number of halogens is 1. The molecule has 0 aliphatic heterocycles. The van der Waals surface area contributed by atoms with Gasteiger partial charge < -0.3 is 15.0 Å². The van der Waals surface area contributed by atoms with Gasteiger partial charge in [0.1, 0.15) is 5.69 Å². The first-order valence-electron chi connectivity index (χ1n) is 5.93. The number of hydrogen-bond acceptors (Lipinski definition) is 2. The van der Waals surface area contributed by atoms with Crippen LogP contribution in [0.1, 0.15) is 30.3 Å². The Hall–Kier alpha value is -1.00. The first-order chi connectivity index (χ1) is 8.11. The molecule has 0 aromatic carbocycles. The Labute approximate surface area is 106 Å². The highest BCUT2D eigenvalue weighted by atomic mass is 35.5. The zero-order chi connectivity index (χ0) is 12.4. The number of amides is 1. The Morgan fingerprint density at radius 1 is 1.71 bits per heavy atom. The second kappa shape index (κ2) is 5.10. The maximum absolute atomic E-state index is 11.9. The predicted octanol–water partition coefficient (Wildman–Crippen LogP) is 1.66. The molecule has 2 rings (SSSR count). The Bertz CT molecular complexity index is 413. The van der Waals surface area contributed by atoms with Crippen molar-refractivity contribution in [2.24, 2.45) is 5.92 Å². The van der Waals surface area contributed by atoms with E-state index in [1.54, 1.807) is 16.8 Å². The second-order valence-electron chi connectivity index (χ2n) is 4.44. The summed E-state index contributed by atoms with van der Waals surface area (Å²) in [6.45, 7) is 2.96. The van der Waals surface area contributed by atoms with E-state index in [0.717, 1.165) is 12.8 Å². The molecule has 1 fully saturated rings. The Kier molecular flexibility index (Phi) is 3.74. The number of hydrogen-bond donors (Lipinski definition) is 2. The highest BCUT2D eigenvalue weighted by Crippen LogP contribution is 2.32. The molecular weight excluding hydrogens is 240 g/mol. The van der Waals surface area contributed by atoms with Gasteiger partial charge in [0.15, 0.2) is 0 Å². The molecule has 1 heterocycles. The van der Waals surface area contributed by atoms with Crippen LogP contribution in [0.25, 0.3) is 0 Å². The van der Waals surface area contributed by atoms with Crippen LogP contribution in [0.4, 0.5) is 0 Å². The van der Waals surface area contributed by atoms with Gasteiger partial charge in [0.2, 0.25) is 0 Å². The summed E-state index contributed by atoms with van der Waals surface area (Å²) < 4.78 is 1.79. The van der Waals surface area contributed by atoms with Gasteiger partial charge >= 0.3 is 0 Å². The minimum Gasteiger partial charge on any atom is -0.391 e. The van der Waals surface area contributed by atoms with Crippen molar-refractivity contribution in [2.45, 2.75) is 32.4 Å². The van der Waals surface area contributed by atoms with Crippen LogP contribution in [0.5, 0.6) is 0 Å². The molecule has 1 aromatic rings. The summed E-state index contributed by atoms with van der Waals surface area (Å²) in [5.74, 6) is 0.190. The fourth-order valence-corrected chi connectivity index (χ4v) is 2.08. The van der Waals surface area contributed by atoms with Crippen molar-refractivity contribution in [1.29, 1.82) is 0 Å². The Morgan fingerprint density at radius 2 is 2.41 bits per heavy atom. The number of aryl methyl sites for hydroxylation is 1. The fraction of sp³-hybridized carbons (Fsp3) is 0.583. The highest BCUT2D eigenvalue weighted by molar-refractivity contribution is 6.31. The van der Waals surface area contributed by atoms with E-state index in [1.165, 1.54) is 0 Å². The standard InChI is InChI=1S/C12H17ClN2O2/c1-2-15-7-9(13)5-10(15)12(17)14-6-11(16)8-3-4-8/h5,7-8,11,16H,2-4,6H2,1H3,(H,14,17). The minimum atomic E-state index is -0.417. The van der Waals surface area contributed by atoms with E-state index >= 15 is 0 Å². The number of nitrogens with zero attached hydrogens (tertiary/aromatic N) is 1. The van der Waals surface area contributed by atoms with E-state index in [1.807, 2.05) is 6.92 Å². The number of aliphatic hydroxyl groups is 1. The molecule has 17 heavy (non-hydrogen) atoms. The summed E-state index contributed by atoms with van der Waals surface area (Å²) in [5, 5.41) is 13.0. The predicted molar refractivity (Wildman–Crippen MR) is 66.2 cm³/mol. The zero-order valence-corrected chi connectivity index (χ0v) is 10.6. The first-order valence-corrected chi connectivity index (χ1v) is 6.31. The van der Waals surface area contributed by atoms with E-state index in [2.05, 4.69) is 5.32 Å². The lowest BCUT2D eigenvalue weighted by molar-refractivity contribution is 0.0892. The van der Waals surface area contributed by atoms with Crippen molar-refractivity contribution in [3.63, 3.8) is 0 Å². The van der Waals surface area contributed by atoms with Gasteiger partial charge in [-0.1, -0.05) is 11.6 Å². The van der Waals surface area contributed by atoms with Gasteiger partial charge in [-0.2, -0.15) is 0 Å². The molecule has 94 valence electrons. The summed E-state index contributed by atoms with van der Waals surface area (Å²) in [4.78, 5) is 11.9. The van der Waals surface area contributed by atoms with Crippen molar-refractivity contribution in [3.8, 4) is 0 Å². The average molecular weight is 257 g/mol. The van der Waals surface area contributed by atoms with Crippen LogP contribution < -0.4 is 5.32 Å². The van der Waals surface area contributed by atoms with E-state index in [-0.39, 0.29) is 5.91 Å². The van der Waals surface area contributed by atoms with Crippen molar-refractivity contribution in [3.05, 3.63) is 23.0 Å². The zero-order valence-electron chi connectivity index (χ0n) is 9.82. The second-order valence-corrected chi connectivity index (χ2v) is 4.88. The molecule has 1 unspecified atom stereocenters. The first kappa shape index (κ1) is 12.5. The third-order valence-electron chi connectivity index (χ3n) is 3.07. The van der Waals surface area contributed by atoms with Gasteiger partial charge in [-0.3, -0.25) is 4.79 Å². The van der Waals surface area contributed by atoms with E-state index < -0.39 is 6.10 Å². The summed E-state index contributed by atoms with van der Waals surface area (Å²) in [6, 6.07) is 1.64. The van der Waals surface area contributed by atoms with Gasteiger partial charge in [-0.05, 0) is 31.7 Å². The molecule has 1 aliphatic carbocycles. The van der Waals surface area contributed by atoms with E-state index in [0.29, 0.717) is 29.7 Å². The lowest BCUT2D eigenvalue weighted by Gasteiger charge is -2.11. The molecule has 1 aliphatic rings. The molecule has 1 amide bonds. The number of aromatic nitrogens is 1. The summed E-state index contributed by atoms with van der Waals surface area (Å²) in [5.41, 5.74) is 0.542. The van der Waals surface area contributed by atoms with Gasteiger partial charge in [0.05, 0.1) is 11.1 Å². The van der Waals surface area contributed by atoms with Gasteiger partial charge in [0.25, 0.3) is 5.91 Å². The van der Waals surface area contributed by atoms with Crippen LogP contribution in [0, 0.1) is 5.92 Å². The molecule has 0 saturated heterocycles. The Morgan fingerprint density at radius 3 is 3.00 bits per heavy atom. The van der Waals surface area contributed by atoms with Crippen molar-refractivity contribution in [2.75, 3.05) is 6.54 Å². The minimum absolute atomic E-state index is 0.182. The van der Waals surface area contributed by atoms with Crippen LogP contribution in [0.2, 0.25) is 5.02 Å². The highest BCUT2D eigenvalue weighted by Gasteiger charge is 2.29. The topological polar surface area (TPSA) is 54.3 Å². The normalized spacial score (nSPS) is 16.9. The molecule has 0 bridgehead atoms.